The Kier molecular flexibility index (Phi) is 3.01. The second-order valence-electron chi connectivity index (χ2n) is 3.89. The molecular weight excluding hydrogens is 236 g/mol. The molecule has 0 aliphatic carbocycles. The van der Waals surface area contributed by atoms with Crippen molar-refractivity contribution in [2.75, 3.05) is 18.6 Å². The average molecular weight is 248 g/mol. The van der Waals surface area contributed by atoms with Crippen LogP contribution in [0.1, 0.15) is 16.8 Å². The summed E-state index contributed by atoms with van der Waals surface area (Å²) >= 11 is 0. The first-order valence-corrected chi connectivity index (χ1v) is 5.37. The molecular formula is C12H12N2O4. The summed E-state index contributed by atoms with van der Waals surface area (Å²) in [7, 11) is 1.48. The molecule has 0 saturated carbocycles. The average Bonchev–Trinajstić information content (AvgIpc) is 2.59. The Morgan fingerprint density at radius 1 is 1.39 bits per heavy atom. The molecule has 6 heteroatoms. The first kappa shape index (κ1) is 12.1. The molecule has 2 N–H and O–H groups in total. The number of primary amides is 1. The number of fused-ring (bicyclic) bond motifs is 1. The van der Waals surface area contributed by atoms with Crippen molar-refractivity contribution in [3.05, 3.63) is 23.8 Å². The monoisotopic (exact) mass is 248 g/mol. The van der Waals surface area contributed by atoms with Gasteiger partial charge in [0.1, 0.15) is 5.75 Å². The molecule has 18 heavy (non-hydrogen) atoms. The van der Waals surface area contributed by atoms with Gasteiger partial charge in [-0.05, 0) is 18.2 Å². The van der Waals surface area contributed by atoms with Crippen molar-refractivity contribution in [2.24, 2.45) is 5.73 Å². The molecule has 0 bridgehead atoms. The summed E-state index contributed by atoms with van der Waals surface area (Å²) in [6.45, 7) is 0.110. The molecule has 6 nitrogen and oxygen atoms in total. The number of ketones is 1. The van der Waals surface area contributed by atoms with Crippen LogP contribution in [0, 0.1) is 0 Å². The highest BCUT2D eigenvalue weighted by Gasteiger charge is 2.35. The van der Waals surface area contributed by atoms with Crippen molar-refractivity contribution in [3.63, 3.8) is 0 Å². The van der Waals surface area contributed by atoms with Gasteiger partial charge in [0.05, 0.1) is 18.4 Å². The van der Waals surface area contributed by atoms with Crippen molar-refractivity contribution in [1.82, 2.24) is 0 Å². The van der Waals surface area contributed by atoms with E-state index >= 15 is 0 Å². The van der Waals surface area contributed by atoms with Crippen molar-refractivity contribution >= 4 is 23.3 Å². The summed E-state index contributed by atoms with van der Waals surface area (Å²) in [6.07, 6.45) is 0.0183. The molecule has 2 amide bonds. The van der Waals surface area contributed by atoms with Crippen LogP contribution in [-0.2, 0) is 9.59 Å². The highest BCUT2D eigenvalue weighted by Crippen LogP contribution is 2.31. The third-order valence-electron chi connectivity index (χ3n) is 2.76. The fraction of sp³-hybridized carbons (Fsp3) is 0.250. The van der Waals surface area contributed by atoms with Gasteiger partial charge in [0.2, 0.25) is 5.91 Å². The molecule has 1 heterocycles. The van der Waals surface area contributed by atoms with E-state index in [9.17, 15) is 14.4 Å². The lowest BCUT2D eigenvalue weighted by molar-refractivity contribution is -0.118. The van der Waals surface area contributed by atoms with Gasteiger partial charge in [-0.1, -0.05) is 0 Å². The van der Waals surface area contributed by atoms with Gasteiger partial charge in [0.25, 0.3) is 11.7 Å². The molecule has 1 aliphatic heterocycles. The Morgan fingerprint density at radius 3 is 2.72 bits per heavy atom. The standard InChI is InChI=1S/C12H12N2O4/c1-18-7-2-3-9-8(6-7)11(16)12(17)14(9)5-4-10(13)15/h2-3,6H,4-5H2,1H3,(H2,13,15). The number of hydrogen-bond acceptors (Lipinski definition) is 4. The molecule has 1 aromatic carbocycles. The quantitative estimate of drug-likeness (QED) is 0.765. The van der Waals surface area contributed by atoms with Crippen LogP contribution in [0.3, 0.4) is 0 Å². The van der Waals surface area contributed by atoms with E-state index in [0.717, 1.165) is 0 Å². The van der Waals surface area contributed by atoms with Gasteiger partial charge in [-0.15, -0.1) is 0 Å². The maximum atomic E-state index is 11.8. The number of benzene rings is 1. The largest absolute Gasteiger partial charge is 0.497 e. The summed E-state index contributed by atoms with van der Waals surface area (Å²) in [5.41, 5.74) is 5.82. The first-order valence-electron chi connectivity index (χ1n) is 5.37. The summed E-state index contributed by atoms with van der Waals surface area (Å²) in [5.74, 6) is -1.24. The van der Waals surface area contributed by atoms with Crippen LogP contribution in [-0.4, -0.2) is 31.3 Å². The number of methoxy groups -OCH3 is 1. The van der Waals surface area contributed by atoms with Gasteiger partial charge >= 0.3 is 0 Å². The second kappa shape index (κ2) is 4.48. The van der Waals surface area contributed by atoms with Crippen LogP contribution in [0.5, 0.6) is 5.75 Å². The molecule has 94 valence electrons. The number of nitrogens with two attached hydrogens (primary N) is 1. The topological polar surface area (TPSA) is 89.7 Å². The van der Waals surface area contributed by atoms with Crippen LogP contribution >= 0.6 is 0 Å². The lowest BCUT2D eigenvalue weighted by Gasteiger charge is -2.15. The zero-order valence-electron chi connectivity index (χ0n) is 9.80. The molecule has 0 saturated heterocycles. The third kappa shape index (κ3) is 1.92. The number of rotatable bonds is 4. The molecule has 0 radical (unpaired) electrons. The fourth-order valence-electron chi connectivity index (χ4n) is 1.85. The predicted octanol–water partition coefficient (Wildman–Crippen LogP) is 0.0999. The molecule has 0 spiro atoms. The number of nitrogens with zero attached hydrogens (tertiary/aromatic N) is 1. The number of carbonyl (C=O) groups excluding carboxylic acids is 3. The Hall–Kier alpha value is -2.37. The number of anilines is 1. The van der Waals surface area contributed by atoms with Crippen LogP contribution in [0.25, 0.3) is 0 Å². The van der Waals surface area contributed by atoms with Crippen LogP contribution in [0.15, 0.2) is 18.2 Å². The Balaban J connectivity index is 2.34. The van der Waals surface area contributed by atoms with Gasteiger partial charge in [0.15, 0.2) is 0 Å². The van der Waals surface area contributed by atoms with E-state index in [4.69, 9.17) is 10.5 Å². The second-order valence-corrected chi connectivity index (χ2v) is 3.89. The zero-order valence-corrected chi connectivity index (χ0v) is 9.80. The van der Waals surface area contributed by atoms with Gasteiger partial charge in [-0.25, -0.2) is 0 Å². The molecule has 0 fully saturated rings. The van der Waals surface area contributed by atoms with Gasteiger partial charge < -0.3 is 15.4 Å². The van der Waals surface area contributed by atoms with E-state index in [1.165, 1.54) is 18.1 Å². The predicted molar refractivity (Wildman–Crippen MR) is 63.5 cm³/mol. The van der Waals surface area contributed by atoms with Crippen molar-refractivity contribution in [1.29, 1.82) is 0 Å². The summed E-state index contributed by atoms with van der Waals surface area (Å²) in [5, 5.41) is 0. The molecule has 0 aromatic heterocycles. The number of amides is 2. The van der Waals surface area contributed by atoms with Gasteiger partial charge in [0, 0.05) is 13.0 Å². The number of Topliss-reactive ketones (excluding diaryl/α,β-unsaturated/α-hetero) is 1. The Bertz CT molecular complexity index is 539. The maximum Gasteiger partial charge on any atom is 0.299 e. The Labute approximate surface area is 103 Å². The highest BCUT2D eigenvalue weighted by molar-refractivity contribution is 6.52. The SMILES string of the molecule is COc1ccc2c(c1)C(=O)C(=O)N2CCC(N)=O. The first-order chi connectivity index (χ1) is 8.54. The molecule has 2 rings (SSSR count). The van der Waals surface area contributed by atoms with E-state index in [0.29, 0.717) is 17.0 Å². The minimum absolute atomic E-state index is 0.0183. The molecule has 1 aromatic rings. The van der Waals surface area contributed by atoms with E-state index in [2.05, 4.69) is 0 Å². The van der Waals surface area contributed by atoms with E-state index in [-0.39, 0.29) is 13.0 Å². The highest BCUT2D eigenvalue weighted by atomic mass is 16.5. The number of hydrogen-bond donors (Lipinski definition) is 1. The zero-order chi connectivity index (χ0) is 13.3. The van der Waals surface area contributed by atoms with E-state index in [1.807, 2.05) is 0 Å². The Morgan fingerprint density at radius 2 is 2.11 bits per heavy atom. The minimum Gasteiger partial charge on any atom is -0.497 e. The number of carbonyl (C=O) groups is 3. The normalized spacial score (nSPS) is 13.7. The van der Waals surface area contributed by atoms with E-state index in [1.54, 1.807) is 12.1 Å². The lowest BCUT2D eigenvalue weighted by atomic mass is 10.1. The molecule has 1 aliphatic rings. The van der Waals surface area contributed by atoms with Crippen LogP contribution in [0.2, 0.25) is 0 Å². The summed E-state index contributed by atoms with van der Waals surface area (Å²) < 4.78 is 5.00. The molecule has 0 atom stereocenters. The minimum atomic E-state index is -0.639. The van der Waals surface area contributed by atoms with Crippen LogP contribution < -0.4 is 15.4 Å². The summed E-state index contributed by atoms with van der Waals surface area (Å²) in [6, 6.07) is 4.79. The lowest BCUT2D eigenvalue weighted by Crippen LogP contribution is -2.32. The van der Waals surface area contributed by atoms with Gasteiger partial charge in [-0.2, -0.15) is 0 Å². The third-order valence-corrected chi connectivity index (χ3v) is 2.76. The van der Waals surface area contributed by atoms with Crippen molar-refractivity contribution in [3.8, 4) is 5.75 Å². The number of ether oxygens (including phenoxy) is 1. The van der Waals surface area contributed by atoms with Crippen molar-refractivity contribution in [2.45, 2.75) is 6.42 Å². The van der Waals surface area contributed by atoms with Crippen LogP contribution in [0.4, 0.5) is 5.69 Å². The maximum absolute atomic E-state index is 11.8. The summed E-state index contributed by atoms with van der Waals surface area (Å²) in [4.78, 5) is 35.5. The van der Waals surface area contributed by atoms with Gasteiger partial charge in [-0.3, -0.25) is 14.4 Å². The smallest absolute Gasteiger partial charge is 0.299 e. The van der Waals surface area contributed by atoms with E-state index < -0.39 is 17.6 Å². The van der Waals surface area contributed by atoms with Crippen molar-refractivity contribution < 1.29 is 19.1 Å². The fourth-order valence-corrected chi connectivity index (χ4v) is 1.85. The molecule has 0 unspecified atom stereocenters.